The van der Waals surface area contributed by atoms with Gasteiger partial charge in [0, 0.05) is 30.4 Å². The van der Waals surface area contributed by atoms with E-state index in [9.17, 15) is 4.79 Å². The van der Waals surface area contributed by atoms with E-state index in [0.29, 0.717) is 19.6 Å². The van der Waals surface area contributed by atoms with Crippen LogP contribution in [0.25, 0.3) is 0 Å². The third-order valence-electron chi connectivity index (χ3n) is 3.26. The third kappa shape index (κ3) is 4.53. The molecular formula is C16H22N4OS. The number of amides is 2. The SMILES string of the molecule is CCSc1ccccc1NC(=O)N(CC)CCn1cccn1. The smallest absolute Gasteiger partial charge is 0.321 e. The molecule has 0 aliphatic rings. The van der Waals surface area contributed by atoms with Gasteiger partial charge in [0.15, 0.2) is 0 Å². The van der Waals surface area contributed by atoms with Crippen molar-refractivity contribution < 1.29 is 4.79 Å². The van der Waals surface area contributed by atoms with Gasteiger partial charge in [-0.15, -0.1) is 11.8 Å². The number of anilines is 1. The van der Waals surface area contributed by atoms with Crippen molar-refractivity contribution in [3.8, 4) is 0 Å². The predicted molar refractivity (Wildman–Crippen MR) is 91.3 cm³/mol. The van der Waals surface area contributed by atoms with E-state index < -0.39 is 0 Å². The second kappa shape index (κ2) is 8.48. The van der Waals surface area contributed by atoms with Gasteiger partial charge >= 0.3 is 6.03 Å². The first-order valence-corrected chi connectivity index (χ1v) is 8.48. The maximum Gasteiger partial charge on any atom is 0.321 e. The molecule has 118 valence electrons. The molecule has 0 unspecified atom stereocenters. The molecule has 1 N–H and O–H groups in total. The number of likely N-dealkylation sites (N-methyl/N-ethyl adjacent to an activating group) is 1. The van der Waals surface area contributed by atoms with Crippen molar-refractivity contribution in [1.82, 2.24) is 14.7 Å². The minimum absolute atomic E-state index is 0.0705. The lowest BCUT2D eigenvalue weighted by Gasteiger charge is -2.22. The van der Waals surface area contributed by atoms with Gasteiger partial charge in [0.05, 0.1) is 12.2 Å². The standard InChI is InChI=1S/C16H22N4OS/c1-3-19(12-13-20-11-7-10-17-20)16(21)18-14-8-5-6-9-15(14)22-4-2/h5-11H,3-4,12-13H2,1-2H3,(H,18,21). The highest BCUT2D eigenvalue weighted by atomic mass is 32.2. The minimum Gasteiger partial charge on any atom is -0.323 e. The number of carbonyl (C=O) groups excluding carboxylic acids is 1. The number of aromatic nitrogens is 2. The Kier molecular flexibility index (Phi) is 6.33. The summed E-state index contributed by atoms with van der Waals surface area (Å²) in [6.45, 7) is 6.07. The van der Waals surface area contributed by atoms with Crippen molar-refractivity contribution in [2.45, 2.75) is 25.3 Å². The molecule has 1 aromatic heterocycles. The van der Waals surface area contributed by atoms with Crippen molar-refractivity contribution in [1.29, 1.82) is 0 Å². The highest BCUT2D eigenvalue weighted by Crippen LogP contribution is 2.26. The zero-order valence-electron chi connectivity index (χ0n) is 13.0. The summed E-state index contributed by atoms with van der Waals surface area (Å²) >= 11 is 1.73. The number of hydrogen-bond acceptors (Lipinski definition) is 3. The van der Waals surface area contributed by atoms with E-state index in [0.717, 1.165) is 16.3 Å². The summed E-state index contributed by atoms with van der Waals surface area (Å²) in [5.74, 6) is 0.976. The highest BCUT2D eigenvalue weighted by Gasteiger charge is 2.13. The zero-order chi connectivity index (χ0) is 15.8. The van der Waals surface area contributed by atoms with Crippen LogP contribution in [0.2, 0.25) is 0 Å². The number of para-hydroxylation sites is 1. The summed E-state index contributed by atoms with van der Waals surface area (Å²) in [4.78, 5) is 15.3. The minimum atomic E-state index is -0.0705. The van der Waals surface area contributed by atoms with Crippen LogP contribution in [0.1, 0.15) is 13.8 Å². The Morgan fingerprint density at radius 1 is 1.32 bits per heavy atom. The number of carbonyl (C=O) groups is 1. The number of nitrogens with zero attached hydrogens (tertiary/aromatic N) is 3. The summed E-state index contributed by atoms with van der Waals surface area (Å²) in [5, 5.41) is 7.17. The molecule has 0 atom stereocenters. The van der Waals surface area contributed by atoms with Gasteiger partial charge in [-0.2, -0.15) is 5.10 Å². The molecule has 22 heavy (non-hydrogen) atoms. The average molecular weight is 318 g/mol. The van der Waals surface area contributed by atoms with Crippen LogP contribution < -0.4 is 5.32 Å². The lowest BCUT2D eigenvalue weighted by molar-refractivity contribution is 0.211. The van der Waals surface area contributed by atoms with E-state index in [1.165, 1.54) is 0 Å². The van der Waals surface area contributed by atoms with Gasteiger partial charge in [-0.25, -0.2) is 4.79 Å². The number of benzene rings is 1. The molecule has 0 bridgehead atoms. The van der Waals surface area contributed by atoms with Crippen molar-refractivity contribution in [2.24, 2.45) is 0 Å². The topological polar surface area (TPSA) is 50.2 Å². The molecule has 6 heteroatoms. The largest absolute Gasteiger partial charge is 0.323 e. The second-order valence-corrected chi connectivity index (χ2v) is 6.01. The maximum absolute atomic E-state index is 12.4. The van der Waals surface area contributed by atoms with Gasteiger partial charge < -0.3 is 10.2 Å². The first kappa shape index (κ1) is 16.4. The molecule has 0 aliphatic heterocycles. The number of thioether (sulfide) groups is 1. The van der Waals surface area contributed by atoms with E-state index in [2.05, 4.69) is 17.3 Å². The molecule has 5 nitrogen and oxygen atoms in total. The molecule has 0 aliphatic carbocycles. The third-order valence-corrected chi connectivity index (χ3v) is 4.21. The lowest BCUT2D eigenvalue weighted by atomic mass is 10.3. The molecule has 0 saturated carbocycles. The van der Waals surface area contributed by atoms with Crippen molar-refractivity contribution in [2.75, 3.05) is 24.2 Å². The van der Waals surface area contributed by atoms with Gasteiger partial charge in [-0.3, -0.25) is 4.68 Å². The van der Waals surface area contributed by atoms with Gasteiger partial charge in [0.1, 0.15) is 0 Å². The average Bonchev–Trinajstić information content (AvgIpc) is 3.03. The van der Waals surface area contributed by atoms with E-state index in [1.807, 2.05) is 48.1 Å². The van der Waals surface area contributed by atoms with Crippen LogP contribution in [0.5, 0.6) is 0 Å². The van der Waals surface area contributed by atoms with Crippen LogP contribution in [0.4, 0.5) is 10.5 Å². The lowest BCUT2D eigenvalue weighted by Crippen LogP contribution is -2.37. The first-order chi connectivity index (χ1) is 10.7. The summed E-state index contributed by atoms with van der Waals surface area (Å²) < 4.78 is 1.83. The Morgan fingerprint density at radius 2 is 2.14 bits per heavy atom. The number of rotatable bonds is 7. The first-order valence-electron chi connectivity index (χ1n) is 7.49. The molecule has 0 spiro atoms. The molecule has 2 amide bonds. The van der Waals surface area contributed by atoms with Crippen molar-refractivity contribution in [3.63, 3.8) is 0 Å². The molecule has 0 fully saturated rings. The normalized spacial score (nSPS) is 10.5. The molecule has 1 heterocycles. The molecule has 1 aromatic carbocycles. The molecule has 2 rings (SSSR count). The van der Waals surface area contributed by atoms with Crippen LogP contribution >= 0.6 is 11.8 Å². The van der Waals surface area contributed by atoms with Gasteiger partial charge in [-0.1, -0.05) is 19.1 Å². The van der Waals surface area contributed by atoms with E-state index in [-0.39, 0.29) is 6.03 Å². The number of nitrogens with one attached hydrogen (secondary N) is 1. The number of hydrogen-bond donors (Lipinski definition) is 1. The Morgan fingerprint density at radius 3 is 2.82 bits per heavy atom. The fraction of sp³-hybridized carbons (Fsp3) is 0.375. The molecular weight excluding hydrogens is 296 g/mol. The van der Waals surface area contributed by atoms with Crippen LogP contribution in [0.3, 0.4) is 0 Å². The molecule has 0 saturated heterocycles. The second-order valence-electron chi connectivity index (χ2n) is 4.71. The Balaban J connectivity index is 1.97. The summed E-state index contributed by atoms with van der Waals surface area (Å²) in [6, 6.07) is 9.72. The van der Waals surface area contributed by atoms with Crippen LogP contribution in [-0.4, -0.2) is 39.6 Å². The zero-order valence-corrected chi connectivity index (χ0v) is 13.8. The van der Waals surface area contributed by atoms with Crippen molar-refractivity contribution >= 4 is 23.5 Å². The van der Waals surface area contributed by atoms with Gasteiger partial charge in [0.2, 0.25) is 0 Å². The van der Waals surface area contributed by atoms with E-state index in [4.69, 9.17) is 0 Å². The highest BCUT2D eigenvalue weighted by molar-refractivity contribution is 7.99. The number of urea groups is 1. The van der Waals surface area contributed by atoms with Gasteiger partial charge in [-0.05, 0) is 30.9 Å². The molecule has 2 aromatic rings. The monoisotopic (exact) mass is 318 g/mol. The quantitative estimate of drug-likeness (QED) is 0.794. The Hall–Kier alpha value is -1.95. The Bertz CT molecular complexity index is 586. The predicted octanol–water partition coefficient (Wildman–Crippen LogP) is 3.55. The Labute approximate surface area is 135 Å². The van der Waals surface area contributed by atoms with E-state index >= 15 is 0 Å². The van der Waals surface area contributed by atoms with Gasteiger partial charge in [0.25, 0.3) is 0 Å². The fourth-order valence-electron chi connectivity index (χ4n) is 2.10. The maximum atomic E-state index is 12.4. The fourth-order valence-corrected chi connectivity index (χ4v) is 2.87. The van der Waals surface area contributed by atoms with E-state index in [1.54, 1.807) is 22.9 Å². The van der Waals surface area contributed by atoms with Crippen molar-refractivity contribution in [3.05, 3.63) is 42.7 Å². The van der Waals surface area contributed by atoms with Crippen LogP contribution in [-0.2, 0) is 6.54 Å². The summed E-state index contributed by atoms with van der Waals surface area (Å²) in [6.07, 6.45) is 3.65. The summed E-state index contributed by atoms with van der Waals surface area (Å²) in [5.41, 5.74) is 0.872. The molecule has 0 radical (unpaired) electrons. The van der Waals surface area contributed by atoms with Crippen LogP contribution in [0.15, 0.2) is 47.6 Å². The summed E-state index contributed by atoms with van der Waals surface area (Å²) in [7, 11) is 0. The van der Waals surface area contributed by atoms with Crippen LogP contribution in [0, 0.1) is 0 Å².